The molecule has 0 aliphatic carbocycles. The second-order valence-electron chi connectivity index (χ2n) is 2.32. The Morgan fingerprint density at radius 2 is 1.85 bits per heavy atom. The average molecular weight is 206 g/mol. The molecule has 0 saturated heterocycles. The van der Waals surface area contributed by atoms with Crippen LogP contribution in [0.2, 0.25) is 0 Å². The number of phosphoric acid groups is 1. The highest BCUT2D eigenvalue weighted by atomic mass is 31.2. The van der Waals surface area contributed by atoms with E-state index >= 15 is 0 Å². The van der Waals surface area contributed by atoms with E-state index in [-0.39, 0.29) is 5.56 Å². The molecule has 1 rings (SSSR count). The molecule has 1 aromatic carbocycles. The number of alkyl halides is 1. The Morgan fingerprint density at radius 3 is 2.31 bits per heavy atom. The monoisotopic (exact) mass is 206 g/mol. The first kappa shape index (κ1) is 10.3. The van der Waals surface area contributed by atoms with E-state index in [2.05, 4.69) is 4.52 Å². The third kappa shape index (κ3) is 3.65. The van der Waals surface area contributed by atoms with E-state index in [0.717, 1.165) is 0 Å². The first-order valence-electron chi connectivity index (χ1n) is 3.42. The van der Waals surface area contributed by atoms with Crippen molar-refractivity contribution >= 4 is 7.82 Å². The molecule has 4 nitrogen and oxygen atoms in total. The molecule has 0 fully saturated rings. The maximum absolute atomic E-state index is 12.9. The molecule has 13 heavy (non-hydrogen) atoms. The van der Waals surface area contributed by atoms with Crippen molar-refractivity contribution in [3.05, 3.63) is 35.9 Å². The topological polar surface area (TPSA) is 66.8 Å². The van der Waals surface area contributed by atoms with Crippen LogP contribution in [0.15, 0.2) is 30.3 Å². The largest absolute Gasteiger partial charge is 0.472 e. The highest BCUT2D eigenvalue weighted by molar-refractivity contribution is 7.46. The van der Waals surface area contributed by atoms with E-state index in [1.165, 1.54) is 12.1 Å². The fourth-order valence-electron chi connectivity index (χ4n) is 0.786. The SMILES string of the molecule is O=P(O)(O)OC(F)c1ccccc1. The molecule has 0 aliphatic heterocycles. The molecule has 0 radical (unpaired) electrons. The molecule has 0 saturated carbocycles. The van der Waals surface area contributed by atoms with Crippen LogP contribution < -0.4 is 0 Å². The van der Waals surface area contributed by atoms with Gasteiger partial charge in [0.15, 0.2) is 0 Å². The van der Waals surface area contributed by atoms with Gasteiger partial charge in [-0.1, -0.05) is 30.3 Å². The van der Waals surface area contributed by atoms with Crippen LogP contribution in [-0.4, -0.2) is 9.79 Å². The minimum absolute atomic E-state index is 0.0748. The predicted molar refractivity (Wildman–Crippen MR) is 43.4 cm³/mol. The van der Waals surface area contributed by atoms with Crippen molar-refractivity contribution in [2.75, 3.05) is 0 Å². The van der Waals surface area contributed by atoms with Crippen LogP contribution in [0.5, 0.6) is 0 Å². The first-order chi connectivity index (χ1) is 5.99. The summed E-state index contributed by atoms with van der Waals surface area (Å²) in [4.78, 5) is 16.6. The number of hydrogen-bond donors (Lipinski definition) is 2. The zero-order valence-corrected chi connectivity index (χ0v) is 7.39. The standard InChI is InChI=1S/C7H8FO4P/c8-7(12-13(9,10)11)6-4-2-1-3-5-6/h1-5,7H,(H2,9,10,11). The Labute approximate surface area is 74.2 Å². The van der Waals surface area contributed by atoms with Crippen molar-refractivity contribution in [1.82, 2.24) is 0 Å². The molecule has 1 unspecified atom stereocenters. The van der Waals surface area contributed by atoms with E-state index in [1.807, 2.05) is 0 Å². The summed E-state index contributed by atoms with van der Waals surface area (Å²) in [5.74, 6) is 0. The zero-order valence-electron chi connectivity index (χ0n) is 6.50. The molecule has 6 heteroatoms. The quantitative estimate of drug-likeness (QED) is 0.739. The normalized spacial score (nSPS) is 14.1. The van der Waals surface area contributed by atoms with E-state index in [0.29, 0.717) is 0 Å². The molecule has 2 N–H and O–H groups in total. The maximum Gasteiger partial charge on any atom is 0.472 e. The molecular weight excluding hydrogens is 198 g/mol. The third-order valence-corrected chi connectivity index (χ3v) is 1.75. The summed E-state index contributed by atoms with van der Waals surface area (Å²) in [6, 6.07) is 7.50. The molecule has 1 aromatic rings. The van der Waals surface area contributed by atoms with Crippen LogP contribution in [0.4, 0.5) is 4.39 Å². The van der Waals surface area contributed by atoms with Gasteiger partial charge in [-0.25, -0.2) is 13.5 Å². The second-order valence-corrected chi connectivity index (χ2v) is 3.51. The van der Waals surface area contributed by atoms with E-state index < -0.39 is 14.2 Å². The Bertz CT molecular complexity index is 310. The Morgan fingerprint density at radius 1 is 1.31 bits per heavy atom. The van der Waals surface area contributed by atoms with Crippen LogP contribution in [0.1, 0.15) is 11.9 Å². The van der Waals surface area contributed by atoms with Gasteiger partial charge in [0.2, 0.25) is 6.36 Å². The number of rotatable bonds is 3. The average Bonchev–Trinajstić information content (AvgIpc) is 2.03. The van der Waals surface area contributed by atoms with Crippen molar-refractivity contribution in [2.45, 2.75) is 6.36 Å². The van der Waals surface area contributed by atoms with Gasteiger partial charge in [0.05, 0.1) is 0 Å². The van der Waals surface area contributed by atoms with Gasteiger partial charge in [-0.15, -0.1) is 0 Å². The summed E-state index contributed by atoms with van der Waals surface area (Å²) in [6.45, 7) is 0. The zero-order chi connectivity index (χ0) is 9.90. The minimum Gasteiger partial charge on any atom is -0.303 e. The first-order valence-corrected chi connectivity index (χ1v) is 4.95. The lowest BCUT2D eigenvalue weighted by Crippen LogP contribution is -1.95. The fraction of sp³-hybridized carbons (Fsp3) is 0.143. The van der Waals surface area contributed by atoms with Crippen molar-refractivity contribution in [1.29, 1.82) is 0 Å². The van der Waals surface area contributed by atoms with Gasteiger partial charge in [0, 0.05) is 5.56 Å². The predicted octanol–water partition coefficient (Wildman–Crippen LogP) is 1.76. The van der Waals surface area contributed by atoms with E-state index in [4.69, 9.17) is 9.79 Å². The minimum atomic E-state index is -4.76. The highest BCUT2D eigenvalue weighted by Crippen LogP contribution is 2.42. The summed E-state index contributed by atoms with van der Waals surface area (Å²) in [5.41, 5.74) is 0.0748. The molecular formula is C7H8FO4P. The maximum atomic E-state index is 12.9. The summed E-state index contributed by atoms with van der Waals surface area (Å²) >= 11 is 0. The van der Waals surface area contributed by atoms with Crippen LogP contribution in [0.25, 0.3) is 0 Å². The van der Waals surface area contributed by atoms with Crippen molar-refractivity contribution < 1.29 is 23.3 Å². The number of phosphoric ester groups is 1. The van der Waals surface area contributed by atoms with Crippen molar-refractivity contribution in [2.24, 2.45) is 0 Å². The van der Waals surface area contributed by atoms with Crippen LogP contribution in [0, 0.1) is 0 Å². The van der Waals surface area contributed by atoms with Gasteiger partial charge in [0.1, 0.15) is 0 Å². The summed E-state index contributed by atoms with van der Waals surface area (Å²) in [6.07, 6.45) is -2.10. The number of halogens is 1. The molecule has 0 aliphatic rings. The van der Waals surface area contributed by atoms with Crippen LogP contribution in [0.3, 0.4) is 0 Å². The van der Waals surface area contributed by atoms with Crippen molar-refractivity contribution in [3.63, 3.8) is 0 Å². The Hall–Kier alpha value is -0.740. The van der Waals surface area contributed by atoms with Crippen LogP contribution >= 0.6 is 7.82 Å². The smallest absolute Gasteiger partial charge is 0.303 e. The second kappa shape index (κ2) is 3.98. The van der Waals surface area contributed by atoms with Crippen molar-refractivity contribution in [3.8, 4) is 0 Å². The van der Waals surface area contributed by atoms with Gasteiger partial charge >= 0.3 is 7.82 Å². The lowest BCUT2D eigenvalue weighted by Gasteiger charge is -2.09. The van der Waals surface area contributed by atoms with Gasteiger partial charge < -0.3 is 9.79 Å². The third-order valence-electron chi connectivity index (χ3n) is 1.29. The number of benzene rings is 1. The molecule has 0 bridgehead atoms. The van der Waals surface area contributed by atoms with Gasteiger partial charge in [-0.05, 0) is 0 Å². The molecule has 1 atom stereocenters. The van der Waals surface area contributed by atoms with Crippen LogP contribution in [-0.2, 0) is 9.09 Å². The van der Waals surface area contributed by atoms with E-state index in [1.54, 1.807) is 18.2 Å². The summed E-state index contributed by atoms with van der Waals surface area (Å²) < 4.78 is 27.0. The Kier molecular flexibility index (Phi) is 3.17. The lowest BCUT2D eigenvalue weighted by molar-refractivity contribution is 0.0344. The highest BCUT2D eigenvalue weighted by Gasteiger charge is 2.22. The molecule has 0 aromatic heterocycles. The Balaban J connectivity index is 2.70. The lowest BCUT2D eigenvalue weighted by atomic mass is 10.2. The number of hydrogen-bond acceptors (Lipinski definition) is 2. The van der Waals surface area contributed by atoms with Gasteiger partial charge in [-0.2, -0.15) is 0 Å². The fourth-order valence-corrected chi connectivity index (χ4v) is 1.15. The summed E-state index contributed by atoms with van der Waals surface area (Å²) in [5, 5.41) is 0. The molecule has 0 spiro atoms. The van der Waals surface area contributed by atoms with Gasteiger partial charge in [-0.3, -0.25) is 0 Å². The molecule has 72 valence electrons. The molecule has 0 amide bonds. The van der Waals surface area contributed by atoms with Gasteiger partial charge in [0.25, 0.3) is 0 Å². The molecule has 0 heterocycles. The van der Waals surface area contributed by atoms with E-state index in [9.17, 15) is 8.96 Å². The summed E-state index contributed by atoms with van der Waals surface area (Å²) in [7, 11) is -4.76.